The van der Waals surface area contributed by atoms with E-state index in [1.165, 1.54) is 19.2 Å². The highest BCUT2D eigenvalue weighted by atomic mass is 32.2. The third kappa shape index (κ3) is 5.32. The van der Waals surface area contributed by atoms with Gasteiger partial charge in [0.15, 0.2) is 0 Å². The van der Waals surface area contributed by atoms with Crippen LogP contribution in [0.5, 0.6) is 5.75 Å². The average Bonchev–Trinajstić information content (AvgIpc) is 2.47. The fraction of sp³-hybridized carbons (Fsp3) is 0.538. The first-order valence-electron chi connectivity index (χ1n) is 6.19. The fourth-order valence-corrected chi connectivity index (χ4v) is 3.21. The molecule has 0 saturated heterocycles. The third-order valence-electron chi connectivity index (χ3n) is 2.83. The molecule has 0 aliphatic rings. The van der Waals surface area contributed by atoms with Gasteiger partial charge in [-0.15, -0.1) is 0 Å². The van der Waals surface area contributed by atoms with Gasteiger partial charge in [-0.25, -0.2) is 13.1 Å². The van der Waals surface area contributed by atoms with Crippen LogP contribution in [-0.2, 0) is 14.8 Å². The van der Waals surface area contributed by atoms with Crippen molar-refractivity contribution in [2.24, 2.45) is 0 Å². The molecule has 1 aromatic carbocycles. The van der Waals surface area contributed by atoms with Gasteiger partial charge in [-0.05, 0) is 30.6 Å². The van der Waals surface area contributed by atoms with E-state index < -0.39 is 10.0 Å². The molecule has 0 aromatic heterocycles. The molecule has 0 aliphatic carbocycles. The lowest BCUT2D eigenvalue weighted by Gasteiger charge is -2.15. The Kier molecular flexibility index (Phi) is 7.36. The standard InChI is InChI=1S/C13H21NO4S2/c1-17-11-5-4-6-13(9-11)20(15,16)14-10-12(18-2)7-8-19-3/h4-6,9,12,14H,7-8,10H2,1-3H3. The highest BCUT2D eigenvalue weighted by molar-refractivity contribution is 7.98. The van der Waals surface area contributed by atoms with Crippen LogP contribution in [-0.4, -0.2) is 47.3 Å². The Bertz CT molecular complexity index is 505. The van der Waals surface area contributed by atoms with Crippen LogP contribution < -0.4 is 9.46 Å². The van der Waals surface area contributed by atoms with Crippen molar-refractivity contribution in [2.45, 2.75) is 17.4 Å². The van der Waals surface area contributed by atoms with Crippen LogP contribution in [0.3, 0.4) is 0 Å². The van der Waals surface area contributed by atoms with E-state index in [9.17, 15) is 8.42 Å². The van der Waals surface area contributed by atoms with Crippen LogP contribution >= 0.6 is 11.8 Å². The van der Waals surface area contributed by atoms with Gasteiger partial charge in [-0.3, -0.25) is 0 Å². The average molecular weight is 319 g/mol. The van der Waals surface area contributed by atoms with Crippen molar-refractivity contribution in [1.82, 2.24) is 4.72 Å². The summed E-state index contributed by atoms with van der Waals surface area (Å²) in [7, 11) is -0.449. The number of rotatable bonds is 9. The second-order valence-electron chi connectivity index (χ2n) is 4.17. The van der Waals surface area contributed by atoms with Crippen molar-refractivity contribution >= 4 is 21.8 Å². The molecule has 1 aromatic rings. The maximum absolute atomic E-state index is 12.2. The first-order chi connectivity index (χ1) is 9.53. The van der Waals surface area contributed by atoms with Crippen LogP contribution in [0.2, 0.25) is 0 Å². The number of benzene rings is 1. The normalized spacial score (nSPS) is 13.2. The molecule has 1 rings (SSSR count). The zero-order chi connectivity index (χ0) is 15.0. The van der Waals surface area contributed by atoms with Gasteiger partial charge < -0.3 is 9.47 Å². The van der Waals surface area contributed by atoms with Gasteiger partial charge >= 0.3 is 0 Å². The second-order valence-corrected chi connectivity index (χ2v) is 6.92. The molecule has 0 radical (unpaired) electrons. The Labute approximate surface area is 125 Å². The van der Waals surface area contributed by atoms with Crippen molar-refractivity contribution < 1.29 is 17.9 Å². The first-order valence-corrected chi connectivity index (χ1v) is 9.06. The van der Waals surface area contributed by atoms with E-state index in [0.29, 0.717) is 5.75 Å². The summed E-state index contributed by atoms with van der Waals surface area (Å²) in [5.41, 5.74) is 0. The molecule has 0 spiro atoms. The highest BCUT2D eigenvalue weighted by Gasteiger charge is 2.17. The smallest absolute Gasteiger partial charge is 0.240 e. The predicted octanol–water partition coefficient (Wildman–Crippen LogP) is 1.74. The second kappa shape index (κ2) is 8.51. The number of hydrogen-bond donors (Lipinski definition) is 1. The summed E-state index contributed by atoms with van der Waals surface area (Å²) in [5.74, 6) is 1.44. The van der Waals surface area contributed by atoms with Crippen LogP contribution in [0, 0.1) is 0 Å². The van der Waals surface area contributed by atoms with Crippen molar-refractivity contribution in [3.63, 3.8) is 0 Å². The Morgan fingerprint density at radius 2 is 2.10 bits per heavy atom. The molecule has 0 amide bonds. The summed E-state index contributed by atoms with van der Waals surface area (Å²) in [6.45, 7) is 0.261. The first kappa shape index (κ1) is 17.3. The summed E-state index contributed by atoms with van der Waals surface area (Å²) in [5, 5.41) is 0. The fourth-order valence-electron chi connectivity index (χ4n) is 1.61. The van der Waals surface area contributed by atoms with E-state index in [0.717, 1.165) is 12.2 Å². The van der Waals surface area contributed by atoms with Gasteiger partial charge in [-0.2, -0.15) is 11.8 Å². The molecule has 0 heterocycles. The summed E-state index contributed by atoms with van der Waals surface area (Å²) < 4.78 is 37.2. The lowest BCUT2D eigenvalue weighted by atomic mass is 10.3. The molecular weight excluding hydrogens is 298 g/mol. The number of methoxy groups -OCH3 is 2. The zero-order valence-corrected chi connectivity index (χ0v) is 13.6. The molecule has 1 atom stereocenters. The van der Waals surface area contributed by atoms with Gasteiger partial charge in [0.1, 0.15) is 5.75 Å². The zero-order valence-electron chi connectivity index (χ0n) is 12.0. The van der Waals surface area contributed by atoms with Crippen molar-refractivity contribution in [3.05, 3.63) is 24.3 Å². The summed E-state index contributed by atoms with van der Waals surface area (Å²) in [6.07, 6.45) is 2.69. The molecule has 7 heteroatoms. The highest BCUT2D eigenvalue weighted by Crippen LogP contribution is 2.17. The van der Waals surface area contributed by atoms with Crippen molar-refractivity contribution in [2.75, 3.05) is 32.8 Å². The SMILES string of the molecule is COc1cccc(S(=O)(=O)NCC(CCSC)OC)c1. The van der Waals surface area contributed by atoms with Crippen LogP contribution in [0.15, 0.2) is 29.2 Å². The minimum absolute atomic E-state index is 0.122. The largest absolute Gasteiger partial charge is 0.497 e. The lowest BCUT2D eigenvalue weighted by molar-refractivity contribution is 0.104. The van der Waals surface area contributed by atoms with E-state index in [4.69, 9.17) is 9.47 Å². The maximum Gasteiger partial charge on any atom is 0.240 e. The van der Waals surface area contributed by atoms with Gasteiger partial charge in [0, 0.05) is 19.7 Å². The van der Waals surface area contributed by atoms with Crippen molar-refractivity contribution in [3.8, 4) is 5.75 Å². The van der Waals surface area contributed by atoms with E-state index in [-0.39, 0.29) is 17.5 Å². The van der Waals surface area contributed by atoms with E-state index in [2.05, 4.69) is 4.72 Å². The lowest BCUT2D eigenvalue weighted by Crippen LogP contribution is -2.33. The molecule has 1 unspecified atom stereocenters. The molecule has 5 nitrogen and oxygen atoms in total. The van der Waals surface area contributed by atoms with Gasteiger partial charge in [-0.1, -0.05) is 6.07 Å². The van der Waals surface area contributed by atoms with E-state index in [1.54, 1.807) is 31.0 Å². The van der Waals surface area contributed by atoms with E-state index in [1.807, 2.05) is 6.26 Å². The third-order valence-corrected chi connectivity index (χ3v) is 4.90. The van der Waals surface area contributed by atoms with Gasteiger partial charge in [0.25, 0.3) is 0 Å². The van der Waals surface area contributed by atoms with Crippen LogP contribution in [0.1, 0.15) is 6.42 Å². The number of thioether (sulfide) groups is 1. The molecule has 0 saturated carbocycles. The quantitative estimate of drug-likeness (QED) is 0.751. The van der Waals surface area contributed by atoms with Gasteiger partial charge in [0.2, 0.25) is 10.0 Å². The molecule has 1 N–H and O–H groups in total. The minimum Gasteiger partial charge on any atom is -0.497 e. The Balaban J connectivity index is 2.68. The number of hydrogen-bond acceptors (Lipinski definition) is 5. The Morgan fingerprint density at radius 3 is 2.70 bits per heavy atom. The van der Waals surface area contributed by atoms with Crippen molar-refractivity contribution in [1.29, 1.82) is 0 Å². The number of ether oxygens (including phenoxy) is 2. The molecule has 0 bridgehead atoms. The van der Waals surface area contributed by atoms with E-state index >= 15 is 0 Å². The Hall–Kier alpha value is -0.760. The molecule has 0 fully saturated rings. The molecule has 114 valence electrons. The summed E-state index contributed by atoms with van der Waals surface area (Å²) >= 11 is 1.71. The summed E-state index contributed by atoms with van der Waals surface area (Å²) in [4.78, 5) is 0.191. The topological polar surface area (TPSA) is 64.6 Å². The molecular formula is C13H21NO4S2. The molecule has 0 aliphatic heterocycles. The van der Waals surface area contributed by atoms with Gasteiger partial charge in [0.05, 0.1) is 18.1 Å². The maximum atomic E-state index is 12.2. The number of nitrogens with one attached hydrogen (secondary N) is 1. The monoisotopic (exact) mass is 319 g/mol. The van der Waals surface area contributed by atoms with Crippen LogP contribution in [0.4, 0.5) is 0 Å². The summed E-state index contributed by atoms with van der Waals surface area (Å²) in [6, 6.07) is 6.38. The molecule has 20 heavy (non-hydrogen) atoms. The minimum atomic E-state index is -3.54. The Morgan fingerprint density at radius 1 is 1.35 bits per heavy atom. The van der Waals surface area contributed by atoms with Crippen LogP contribution in [0.25, 0.3) is 0 Å². The number of sulfonamides is 1. The predicted molar refractivity (Wildman–Crippen MR) is 82.0 cm³/mol.